The van der Waals surface area contributed by atoms with Crippen LogP contribution >= 0.6 is 0 Å². The van der Waals surface area contributed by atoms with Crippen molar-refractivity contribution >= 4 is 5.91 Å². The zero-order valence-corrected chi connectivity index (χ0v) is 12.4. The zero-order valence-electron chi connectivity index (χ0n) is 12.4. The van der Waals surface area contributed by atoms with Gasteiger partial charge in [-0.2, -0.15) is 0 Å². The van der Waals surface area contributed by atoms with Crippen LogP contribution in [-0.4, -0.2) is 42.1 Å². The SMILES string of the molecule is CN(C)C1(C(=O)NCCc2ccc(CO)cc2)CCC1. The zero-order chi connectivity index (χ0) is 14.6. The Balaban J connectivity index is 1.81. The van der Waals surface area contributed by atoms with E-state index < -0.39 is 0 Å². The van der Waals surface area contributed by atoms with E-state index >= 15 is 0 Å². The Morgan fingerprint density at radius 1 is 1.25 bits per heavy atom. The van der Waals surface area contributed by atoms with Crippen molar-refractivity contribution in [3.63, 3.8) is 0 Å². The summed E-state index contributed by atoms with van der Waals surface area (Å²) in [5.74, 6) is 0.153. The molecule has 0 aliphatic heterocycles. The summed E-state index contributed by atoms with van der Waals surface area (Å²) < 4.78 is 0. The Bertz CT molecular complexity index is 450. The van der Waals surface area contributed by atoms with E-state index in [0.29, 0.717) is 6.54 Å². The largest absolute Gasteiger partial charge is 0.392 e. The molecule has 110 valence electrons. The van der Waals surface area contributed by atoms with Gasteiger partial charge in [-0.25, -0.2) is 0 Å². The number of carbonyl (C=O) groups is 1. The molecule has 1 amide bonds. The second kappa shape index (κ2) is 6.37. The van der Waals surface area contributed by atoms with Crippen molar-refractivity contribution < 1.29 is 9.90 Å². The molecule has 1 aliphatic rings. The molecule has 0 unspecified atom stereocenters. The molecule has 0 radical (unpaired) electrons. The van der Waals surface area contributed by atoms with E-state index in [1.54, 1.807) is 0 Å². The van der Waals surface area contributed by atoms with Crippen LogP contribution in [0.25, 0.3) is 0 Å². The summed E-state index contributed by atoms with van der Waals surface area (Å²) in [6.45, 7) is 0.731. The van der Waals surface area contributed by atoms with Crippen LogP contribution in [0.5, 0.6) is 0 Å². The maximum atomic E-state index is 12.3. The molecule has 20 heavy (non-hydrogen) atoms. The highest BCUT2D eigenvalue weighted by atomic mass is 16.3. The lowest BCUT2D eigenvalue weighted by Crippen LogP contribution is -2.60. The third-order valence-corrected chi connectivity index (χ3v) is 4.36. The fourth-order valence-corrected chi connectivity index (χ4v) is 2.69. The van der Waals surface area contributed by atoms with Crippen molar-refractivity contribution in [1.29, 1.82) is 0 Å². The Labute approximate surface area is 120 Å². The van der Waals surface area contributed by atoms with E-state index in [4.69, 9.17) is 5.11 Å². The van der Waals surface area contributed by atoms with Gasteiger partial charge in [0.15, 0.2) is 0 Å². The van der Waals surface area contributed by atoms with E-state index in [0.717, 1.165) is 31.2 Å². The van der Waals surface area contributed by atoms with Gasteiger partial charge in [0, 0.05) is 6.54 Å². The molecule has 0 aromatic heterocycles. The quantitative estimate of drug-likeness (QED) is 0.824. The molecule has 4 heteroatoms. The highest BCUT2D eigenvalue weighted by Gasteiger charge is 2.45. The van der Waals surface area contributed by atoms with Crippen LogP contribution < -0.4 is 5.32 Å². The molecule has 0 spiro atoms. The molecule has 4 nitrogen and oxygen atoms in total. The van der Waals surface area contributed by atoms with Gasteiger partial charge in [-0.15, -0.1) is 0 Å². The van der Waals surface area contributed by atoms with Crippen LogP contribution in [0.4, 0.5) is 0 Å². The highest BCUT2D eigenvalue weighted by molar-refractivity contribution is 5.87. The molecule has 1 aliphatic carbocycles. The first kappa shape index (κ1) is 15.0. The van der Waals surface area contributed by atoms with Crippen LogP contribution in [0.15, 0.2) is 24.3 Å². The molecule has 0 atom stereocenters. The Morgan fingerprint density at radius 3 is 2.30 bits per heavy atom. The lowest BCUT2D eigenvalue weighted by atomic mass is 9.75. The van der Waals surface area contributed by atoms with Crippen LogP contribution in [-0.2, 0) is 17.8 Å². The maximum absolute atomic E-state index is 12.3. The molecular formula is C16H24N2O2. The predicted octanol–water partition coefficient (Wildman–Crippen LogP) is 1.32. The summed E-state index contributed by atoms with van der Waals surface area (Å²) in [7, 11) is 3.96. The molecule has 1 fully saturated rings. The van der Waals surface area contributed by atoms with Gasteiger partial charge in [0.05, 0.1) is 12.1 Å². The standard InChI is InChI=1S/C16H24N2O2/c1-18(2)16(9-3-10-16)15(20)17-11-8-13-4-6-14(12-19)7-5-13/h4-7,19H,3,8-12H2,1-2H3,(H,17,20). The highest BCUT2D eigenvalue weighted by Crippen LogP contribution is 2.36. The van der Waals surface area contributed by atoms with E-state index in [-0.39, 0.29) is 18.1 Å². The third-order valence-electron chi connectivity index (χ3n) is 4.36. The van der Waals surface area contributed by atoms with Crippen LogP contribution in [0.3, 0.4) is 0 Å². The molecule has 0 bridgehead atoms. The van der Waals surface area contributed by atoms with E-state index in [9.17, 15) is 4.79 Å². The van der Waals surface area contributed by atoms with Gasteiger partial charge in [0.2, 0.25) is 5.91 Å². The number of rotatable bonds is 6. The second-order valence-electron chi connectivity index (χ2n) is 5.76. The van der Waals surface area contributed by atoms with Gasteiger partial charge in [0.25, 0.3) is 0 Å². The number of aliphatic hydroxyl groups excluding tert-OH is 1. The minimum atomic E-state index is -0.277. The van der Waals surface area contributed by atoms with Crippen LogP contribution in [0, 0.1) is 0 Å². The van der Waals surface area contributed by atoms with Crippen molar-refractivity contribution in [2.45, 2.75) is 37.8 Å². The molecule has 2 rings (SSSR count). The monoisotopic (exact) mass is 276 g/mol. The number of carbonyl (C=O) groups excluding carboxylic acids is 1. The van der Waals surface area contributed by atoms with Crippen molar-refractivity contribution in [3.8, 4) is 0 Å². The number of amides is 1. The van der Waals surface area contributed by atoms with Gasteiger partial charge in [-0.05, 0) is 50.9 Å². The van der Waals surface area contributed by atoms with Crippen LogP contribution in [0.1, 0.15) is 30.4 Å². The third kappa shape index (κ3) is 3.02. The topological polar surface area (TPSA) is 52.6 Å². The Morgan fingerprint density at radius 2 is 1.85 bits per heavy atom. The molecule has 1 saturated carbocycles. The summed E-state index contributed by atoms with van der Waals surface area (Å²) in [5.41, 5.74) is 1.81. The summed E-state index contributed by atoms with van der Waals surface area (Å²) >= 11 is 0. The van der Waals surface area contributed by atoms with Gasteiger partial charge < -0.3 is 10.4 Å². The number of benzene rings is 1. The number of nitrogens with zero attached hydrogens (tertiary/aromatic N) is 1. The molecule has 2 N–H and O–H groups in total. The molecular weight excluding hydrogens is 252 g/mol. The number of hydrogen-bond acceptors (Lipinski definition) is 3. The first-order chi connectivity index (χ1) is 9.58. The molecule has 0 heterocycles. The van der Waals surface area contributed by atoms with Crippen molar-refractivity contribution in [3.05, 3.63) is 35.4 Å². The minimum Gasteiger partial charge on any atom is -0.392 e. The lowest BCUT2D eigenvalue weighted by molar-refractivity contribution is -0.137. The minimum absolute atomic E-state index is 0.0718. The summed E-state index contributed by atoms with van der Waals surface area (Å²) in [6.07, 6.45) is 3.86. The van der Waals surface area contributed by atoms with Crippen molar-refractivity contribution in [2.75, 3.05) is 20.6 Å². The number of likely N-dealkylation sites (N-methyl/N-ethyl adjacent to an activating group) is 1. The Hall–Kier alpha value is -1.39. The van der Waals surface area contributed by atoms with Crippen LogP contribution in [0.2, 0.25) is 0 Å². The predicted molar refractivity (Wildman–Crippen MR) is 79.3 cm³/mol. The Kier molecular flexibility index (Phi) is 4.78. The number of hydrogen-bond donors (Lipinski definition) is 2. The van der Waals surface area contributed by atoms with Crippen molar-refractivity contribution in [1.82, 2.24) is 10.2 Å². The van der Waals surface area contributed by atoms with E-state index in [2.05, 4.69) is 5.32 Å². The average molecular weight is 276 g/mol. The molecule has 0 saturated heterocycles. The average Bonchev–Trinajstić information content (AvgIpc) is 2.37. The van der Waals surface area contributed by atoms with E-state index in [1.807, 2.05) is 43.3 Å². The number of nitrogens with one attached hydrogen (secondary N) is 1. The van der Waals surface area contributed by atoms with Gasteiger partial charge in [-0.1, -0.05) is 24.3 Å². The van der Waals surface area contributed by atoms with E-state index in [1.165, 1.54) is 5.56 Å². The van der Waals surface area contributed by atoms with Crippen molar-refractivity contribution in [2.24, 2.45) is 0 Å². The van der Waals surface area contributed by atoms with Gasteiger partial charge in [0.1, 0.15) is 0 Å². The second-order valence-corrected chi connectivity index (χ2v) is 5.76. The summed E-state index contributed by atoms with van der Waals surface area (Å²) in [6, 6.07) is 7.85. The normalized spacial score (nSPS) is 16.8. The smallest absolute Gasteiger partial charge is 0.240 e. The van der Waals surface area contributed by atoms with Gasteiger partial charge >= 0.3 is 0 Å². The summed E-state index contributed by atoms with van der Waals surface area (Å²) in [4.78, 5) is 14.3. The fourth-order valence-electron chi connectivity index (χ4n) is 2.69. The molecule has 1 aromatic rings. The molecule has 1 aromatic carbocycles. The first-order valence-electron chi connectivity index (χ1n) is 7.23. The maximum Gasteiger partial charge on any atom is 0.240 e. The summed E-state index contributed by atoms with van der Waals surface area (Å²) in [5, 5.41) is 12.0. The lowest BCUT2D eigenvalue weighted by Gasteiger charge is -2.45. The fraction of sp³-hybridized carbons (Fsp3) is 0.562. The first-order valence-corrected chi connectivity index (χ1v) is 7.23. The number of aliphatic hydroxyl groups is 1. The van der Waals surface area contributed by atoms with Gasteiger partial charge in [-0.3, -0.25) is 9.69 Å².